The van der Waals surface area contributed by atoms with Gasteiger partial charge in [-0.2, -0.15) is 0 Å². The van der Waals surface area contributed by atoms with Crippen LogP contribution in [0.1, 0.15) is 97.3 Å². The van der Waals surface area contributed by atoms with Gasteiger partial charge < -0.3 is 5.11 Å². The molecular weight excluding hydrogens is 375 g/mol. The van der Waals surface area contributed by atoms with E-state index >= 15 is 0 Å². The molecule has 0 heterocycles. The molecule has 2 nitrogen and oxygen atoms in total. The van der Waals surface area contributed by atoms with E-state index in [4.69, 9.17) is 5.11 Å². The normalized spacial score (nSPS) is 11.8. The topological polar surface area (TPSA) is 37.3 Å². The van der Waals surface area contributed by atoms with Crippen molar-refractivity contribution in [2.24, 2.45) is 5.41 Å². The van der Waals surface area contributed by atoms with Crippen LogP contribution in [-0.4, -0.2) is 15.5 Å². The Labute approximate surface area is 145 Å². The van der Waals surface area contributed by atoms with Crippen LogP contribution in [0.15, 0.2) is 0 Å². The van der Waals surface area contributed by atoms with E-state index in [1.165, 1.54) is 75.1 Å². The van der Waals surface area contributed by atoms with Crippen LogP contribution in [0.5, 0.6) is 0 Å². The molecule has 0 aliphatic heterocycles. The molecule has 0 unspecified atom stereocenters. The molecule has 21 heavy (non-hydrogen) atoms. The lowest BCUT2D eigenvalue weighted by atomic mass is 9.87. The van der Waals surface area contributed by atoms with E-state index in [2.05, 4.69) is 22.6 Å². The Kier molecular flexibility index (Phi) is 14.0. The first-order valence-electron chi connectivity index (χ1n) is 8.80. The van der Waals surface area contributed by atoms with Crippen LogP contribution >= 0.6 is 22.6 Å². The molecule has 0 aromatic rings. The molecule has 0 spiro atoms. The highest BCUT2D eigenvalue weighted by atomic mass is 127. The predicted molar refractivity (Wildman–Crippen MR) is 100 cm³/mol. The summed E-state index contributed by atoms with van der Waals surface area (Å²) in [5, 5.41) is 9.03. The summed E-state index contributed by atoms with van der Waals surface area (Å²) in [6, 6.07) is 0. The third-order valence-electron chi connectivity index (χ3n) is 4.26. The first-order valence-corrected chi connectivity index (χ1v) is 10.3. The molecule has 0 aromatic heterocycles. The molecule has 0 rings (SSSR count). The molecule has 0 saturated carbocycles. The van der Waals surface area contributed by atoms with Gasteiger partial charge in [-0.05, 0) is 31.1 Å². The van der Waals surface area contributed by atoms with Crippen molar-refractivity contribution in [3.63, 3.8) is 0 Å². The van der Waals surface area contributed by atoms with Gasteiger partial charge in [-0.15, -0.1) is 0 Å². The zero-order chi connectivity index (χ0) is 16.0. The molecule has 0 aliphatic carbocycles. The molecule has 1 N–H and O–H groups in total. The lowest BCUT2D eigenvalue weighted by molar-refractivity contribution is -0.147. The van der Waals surface area contributed by atoms with Crippen molar-refractivity contribution in [1.29, 1.82) is 0 Å². The summed E-state index contributed by atoms with van der Waals surface area (Å²) in [4.78, 5) is 11.0. The van der Waals surface area contributed by atoms with Crippen molar-refractivity contribution in [3.05, 3.63) is 0 Å². The van der Waals surface area contributed by atoms with E-state index in [1.807, 2.05) is 13.8 Å². The second-order valence-corrected chi connectivity index (χ2v) is 7.95. The Morgan fingerprint density at radius 1 is 0.762 bits per heavy atom. The minimum atomic E-state index is -0.666. The van der Waals surface area contributed by atoms with Crippen LogP contribution < -0.4 is 0 Å². The number of halogens is 1. The summed E-state index contributed by atoms with van der Waals surface area (Å²) in [5.74, 6) is -0.666. The van der Waals surface area contributed by atoms with E-state index in [0.29, 0.717) is 0 Å². The largest absolute Gasteiger partial charge is 0.481 e. The second kappa shape index (κ2) is 13.8. The summed E-state index contributed by atoms with van der Waals surface area (Å²) in [7, 11) is 0. The maximum absolute atomic E-state index is 11.0. The summed E-state index contributed by atoms with van der Waals surface area (Å²) in [6.07, 6.45) is 16.8. The zero-order valence-corrected chi connectivity index (χ0v) is 16.3. The fraction of sp³-hybridized carbons (Fsp3) is 0.944. The molecule has 0 amide bonds. The van der Waals surface area contributed by atoms with Crippen molar-refractivity contribution in [2.45, 2.75) is 97.3 Å². The number of rotatable bonds is 15. The number of carboxylic acids is 1. The van der Waals surface area contributed by atoms with Crippen LogP contribution in [0.2, 0.25) is 0 Å². The molecule has 0 bridgehead atoms. The van der Waals surface area contributed by atoms with Crippen molar-refractivity contribution < 1.29 is 9.90 Å². The Balaban J connectivity index is 3.18. The van der Waals surface area contributed by atoms with Gasteiger partial charge in [0.15, 0.2) is 0 Å². The second-order valence-electron chi connectivity index (χ2n) is 6.87. The first kappa shape index (κ1) is 21.2. The van der Waals surface area contributed by atoms with E-state index in [1.54, 1.807) is 0 Å². The molecule has 0 aromatic carbocycles. The van der Waals surface area contributed by atoms with Gasteiger partial charge in [-0.1, -0.05) is 93.2 Å². The van der Waals surface area contributed by atoms with Crippen LogP contribution in [0.3, 0.4) is 0 Å². The Morgan fingerprint density at radius 2 is 1.10 bits per heavy atom. The molecular formula is C18H35IO2. The third kappa shape index (κ3) is 13.6. The number of carboxylic acid groups (broad SMARTS) is 1. The lowest BCUT2D eigenvalue weighted by Gasteiger charge is -2.18. The molecule has 126 valence electrons. The van der Waals surface area contributed by atoms with Crippen LogP contribution in [0.4, 0.5) is 0 Å². The minimum Gasteiger partial charge on any atom is -0.481 e. The van der Waals surface area contributed by atoms with Gasteiger partial charge in [0.05, 0.1) is 5.41 Å². The Morgan fingerprint density at radius 3 is 1.43 bits per heavy atom. The molecule has 0 atom stereocenters. The van der Waals surface area contributed by atoms with Crippen LogP contribution in [-0.2, 0) is 4.79 Å². The Hall–Kier alpha value is 0.200. The molecule has 0 saturated heterocycles. The number of alkyl halides is 1. The van der Waals surface area contributed by atoms with Gasteiger partial charge in [0.2, 0.25) is 0 Å². The van der Waals surface area contributed by atoms with Gasteiger partial charge in [-0.25, -0.2) is 0 Å². The van der Waals surface area contributed by atoms with Gasteiger partial charge in [0.25, 0.3) is 0 Å². The highest BCUT2D eigenvalue weighted by Gasteiger charge is 2.25. The standard InChI is InChI=1S/C18H35IO2/c1-18(2,17(20)21)15-13-11-9-7-5-3-4-6-8-10-12-14-16-19/h3-16H2,1-2H3,(H,20,21). The molecule has 0 fully saturated rings. The lowest BCUT2D eigenvalue weighted by Crippen LogP contribution is -2.23. The van der Waals surface area contributed by atoms with E-state index in [-0.39, 0.29) is 0 Å². The van der Waals surface area contributed by atoms with E-state index < -0.39 is 11.4 Å². The van der Waals surface area contributed by atoms with Gasteiger partial charge in [0, 0.05) is 0 Å². The average molecular weight is 410 g/mol. The number of hydrogen-bond donors (Lipinski definition) is 1. The maximum Gasteiger partial charge on any atom is 0.309 e. The molecule has 0 aliphatic rings. The minimum absolute atomic E-state index is 0.544. The SMILES string of the molecule is CC(C)(CCCCCCCCCCCCCCI)C(=O)O. The highest BCUT2D eigenvalue weighted by Crippen LogP contribution is 2.24. The van der Waals surface area contributed by atoms with Gasteiger partial charge in [0.1, 0.15) is 0 Å². The van der Waals surface area contributed by atoms with Crippen LogP contribution in [0, 0.1) is 5.41 Å². The fourth-order valence-corrected chi connectivity index (χ4v) is 3.08. The average Bonchev–Trinajstić information content (AvgIpc) is 2.43. The fourth-order valence-electron chi connectivity index (χ4n) is 2.54. The number of carbonyl (C=O) groups is 1. The monoisotopic (exact) mass is 410 g/mol. The van der Waals surface area contributed by atoms with Gasteiger partial charge in [-0.3, -0.25) is 4.79 Å². The molecule has 0 radical (unpaired) electrons. The van der Waals surface area contributed by atoms with Crippen LogP contribution in [0.25, 0.3) is 0 Å². The van der Waals surface area contributed by atoms with Gasteiger partial charge >= 0.3 is 5.97 Å². The summed E-state index contributed by atoms with van der Waals surface area (Å²) in [5.41, 5.74) is -0.544. The third-order valence-corrected chi connectivity index (χ3v) is 5.03. The molecule has 3 heteroatoms. The number of hydrogen-bond acceptors (Lipinski definition) is 1. The highest BCUT2D eigenvalue weighted by molar-refractivity contribution is 14.1. The number of unbranched alkanes of at least 4 members (excludes halogenated alkanes) is 11. The Bertz CT molecular complexity index is 252. The first-order chi connectivity index (χ1) is 10.0. The quantitative estimate of drug-likeness (QED) is 0.188. The van der Waals surface area contributed by atoms with E-state index in [9.17, 15) is 4.79 Å². The summed E-state index contributed by atoms with van der Waals surface area (Å²) >= 11 is 2.46. The van der Waals surface area contributed by atoms with Crippen molar-refractivity contribution in [1.82, 2.24) is 0 Å². The maximum atomic E-state index is 11.0. The van der Waals surface area contributed by atoms with Crippen molar-refractivity contribution in [3.8, 4) is 0 Å². The summed E-state index contributed by atoms with van der Waals surface area (Å²) in [6.45, 7) is 3.66. The van der Waals surface area contributed by atoms with E-state index in [0.717, 1.165) is 12.8 Å². The van der Waals surface area contributed by atoms with Crippen molar-refractivity contribution in [2.75, 3.05) is 4.43 Å². The predicted octanol–water partition coefficient (Wildman–Crippen LogP) is 6.60. The zero-order valence-electron chi connectivity index (χ0n) is 14.1. The smallest absolute Gasteiger partial charge is 0.309 e. The van der Waals surface area contributed by atoms with Crippen molar-refractivity contribution >= 4 is 28.6 Å². The number of aliphatic carboxylic acids is 1. The summed E-state index contributed by atoms with van der Waals surface area (Å²) < 4.78 is 1.31.